The van der Waals surface area contributed by atoms with Crippen molar-refractivity contribution >= 4 is 12.6 Å². The number of hydrogen-bond donors (Lipinski definition) is 1. The molecule has 3 nitrogen and oxygen atoms in total. The molecule has 1 aromatic rings. The molecular weight excluding hydrogens is 288 g/mol. The van der Waals surface area contributed by atoms with Crippen molar-refractivity contribution in [1.29, 1.82) is 0 Å². The molecule has 3 heteroatoms. The van der Waals surface area contributed by atoms with Gasteiger partial charge in [0.25, 0.3) is 0 Å². The first kappa shape index (κ1) is 17.7. The summed E-state index contributed by atoms with van der Waals surface area (Å²) in [7, 11) is 0. The average Bonchev–Trinajstić information content (AvgIpc) is 2.46. The zero-order valence-corrected chi connectivity index (χ0v) is 14.8. The lowest BCUT2D eigenvalue weighted by atomic mass is 9.54. The third-order valence-electron chi connectivity index (χ3n) is 5.74. The maximum Gasteiger partial charge on any atom is 0.150 e. The van der Waals surface area contributed by atoms with Crippen LogP contribution in [0.15, 0.2) is 12.1 Å². The molecule has 0 aromatic heterocycles. The Morgan fingerprint density at radius 1 is 1.17 bits per heavy atom. The van der Waals surface area contributed by atoms with Crippen molar-refractivity contribution in [2.75, 3.05) is 0 Å². The highest BCUT2D eigenvalue weighted by Gasteiger charge is 2.48. The molecule has 2 atom stereocenters. The van der Waals surface area contributed by atoms with Gasteiger partial charge in [-0.2, -0.15) is 0 Å². The van der Waals surface area contributed by atoms with E-state index in [9.17, 15) is 14.7 Å². The van der Waals surface area contributed by atoms with Gasteiger partial charge in [-0.15, -0.1) is 0 Å². The molecule has 1 N–H and O–H groups in total. The van der Waals surface area contributed by atoms with Crippen molar-refractivity contribution in [3.63, 3.8) is 0 Å². The van der Waals surface area contributed by atoms with E-state index in [1.54, 1.807) is 12.1 Å². The molecule has 0 bridgehead atoms. The van der Waals surface area contributed by atoms with Crippen LogP contribution >= 0.6 is 0 Å². The van der Waals surface area contributed by atoms with E-state index in [4.69, 9.17) is 0 Å². The lowest BCUT2D eigenvalue weighted by Crippen LogP contribution is -2.46. The maximum absolute atomic E-state index is 11.9. The number of carbonyl (C=O) groups is 2. The minimum atomic E-state index is -0.424. The molecule has 2 unspecified atom stereocenters. The second-order valence-electron chi connectivity index (χ2n) is 8.14. The lowest BCUT2D eigenvalue weighted by molar-refractivity contribution is -0.119. The number of benzene rings is 1. The molecule has 0 spiro atoms. The van der Waals surface area contributed by atoms with Crippen molar-refractivity contribution in [3.8, 4) is 5.75 Å². The predicted octanol–water partition coefficient (Wildman–Crippen LogP) is 4.61. The Balaban J connectivity index is 2.65. The van der Waals surface area contributed by atoms with Crippen LogP contribution in [-0.4, -0.2) is 17.7 Å². The van der Waals surface area contributed by atoms with Gasteiger partial charge in [0.15, 0.2) is 0 Å². The Hall–Kier alpha value is -1.64. The van der Waals surface area contributed by atoms with Crippen LogP contribution in [0.25, 0.3) is 0 Å². The Kier molecular flexibility index (Phi) is 4.70. The Bertz CT molecular complexity index is 616. The first-order valence-electron chi connectivity index (χ1n) is 8.45. The van der Waals surface area contributed by atoms with Crippen LogP contribution in [0.2, 0.25) is 0 Å². The summed E-state index contributed by atoms with van der Waals surface area (Å²) < 4.78 is 0. The summed E-state index contributed by atoms with van der Waals surface area (Å²) >= 11 is 0. The predicted molar refractivity (Wildman–Crippen MR) is 92.1 cm³/mol. The van der Waals surface area contributed by atoms with Gasteiger partial charge in [0.2, 0.25) is 0 Å². The van der Waals surface area contributed by atoms with Gasteiger partial charge in [-0.25, -0.2) is 0 Å². The minimum Gasteiger partial charge on any atom is -0.508 e. The molecule has 0 saturated heterocycles. The second kappa shape index (κ2) is 6.10. The number of rotatable bonds is 4. The van der Waals surface area contributed by atoms with Gasteiger partial charge in [-0.05, 0) is 47.4 Å². The molecule has 1 aromatic carbocycles. The second-order valence-corrected chi connectivity index (χ2v) is 8.14. The van der Waals surface area contributed by atoms with E-state index in [0.717, 1.165) is 43.0 Å². The fourth-order valence-electron chi connectivity index (χ4n) is 4.40. The van der Waals surface area contributed by atoms with Crippen LogP contribution in [-0.2, 0) is 10.2 Å². The molecule has 126 valence electrons. The molecule has 23 heavy (non-hydrogen) atoms. The smallest absolute Gasteiger partial charge is 0.150 e. The average molecular weight is 316 g/mol. The summed E-state index contributed by atoms with van der Waals surface area (Å²) in [6, 6.07) is 3.51. The van der Waals surface area contributed by atoms with Gasteiger partial charge in [0, 0.05) is 16.9 Å². The normalized spacial score (nSPS) is 27.0. The first-order valence-corrected chi connectivity index (χ1v) is 8.45. The SMILES string of the molecule is CC(C)c1cc(C=O)c(C2(C)CCCC(C)(C)C2C=O)cc1O. The molecule has 0 radical (unpaired) electrons. The van der Waals surface area contributed by atoms with E-state index in [2.05, 4.69) is 20.8 Å². The van der Waals surface area contributed by atoms with Gasteiger partial charge in [-0.1, -0.05) is 41.0 Å². The standard InChI is InChI=1S/C20H28O3/c1-13(2)15-9-14(11-21)16(10-17(15)23)20(5)8-6-7-19(3,4)18(20)12-22/h9-13,18,23H,6-8H2,1-5H3. The monoisotopic (exact) mass is 316 g/mol. The summed E-state index contributed by atoms with van der Waals surface area (Å²) in [5.74, 6) is 0.182. The molecule has 0 heterocycles. The van der Waals surface area contributed by atoms with E-state index in [-0.39, 0.29) is 23.0 Å². The maximum atomic E-state index is 11.9. The first-order chi connectivity index (χ1) is 10.7. The summed E-state index contributed by atoms with van der Waals surface area (Å²) in [4.78, 5) is 23.6. The van der Waals surface area contributed by atoms with Gasteiger partial charge < -0.3 is 9.90 Å². The number of hydrogen-bond acceptors (Lipinski definition) is 3. The summed E-state index contributed by atoms with van der Waals surface area (Å²) in [5, 5.41) is 10.4. The van der Waals surface area contributed by atoms with Crippen LogP contribution in [0.3, 0.4) is 0 Å². The summed E-state index contributed by atoms with van der Waals surface area (Å²) in [6.07, 6.45) is 4.76. The summed E-state index contributed by atoms with van der Waals surface area (Å²) in [5.41, 5.74) is 1.64. The molecule has 1 aliphatic rings. The van der Waals surface area contributed by atoms with E-state index >= 15 is 0 Å². The topological polar surface area (TPSA) is 54.4 Å². The third kappa shape index (κ3) is 2.93. The van der Waals surface area contributed by atoms with Crippen LogP contribution < -0.4 is 0 Å². The van der Waals surface area contributed by atoms with Crippen molar-refractivity contribution < 1.29 is 14.7 Å². The quantitative estimate of drug-likeness (QED) is 0.825. The van der Waals surface area contributed by atoms with Crippen molar-refractivity contribution in [2.45, 2.75) is 65.2 Å². The lowest BCUT2D eigenvalue weighted by Gasteiger charge is -2.49. The number of phenolic OH excluding ortho intramolecular Hbond substituents is 1. The van der Waals surface area contributed by atoms with Crippen molar-refractivity contribution in [1.82, 2.24) is 0 Å². The summed E-state index contributed by atoms with van der Waals surface area (Å²) in [6.45, 7) is 10.3. The number of phenols is 1. The molecule has 1 fully saturated rings. The number of aldehydes is 2. The largest absolute Gasteiger partial charge is 0.508 e. The minimum absolute atomic E-state index is 0.110. The Morgan fingerprint density at radius 2 is 1.83 bits per heavy atom. The van der Waals surface area contributed by atoms with Crippen LogP contribution in [0.1, 0.15) is 81.3 Å². The third-order valence-corrected chi connectivity index (χ3v) is 5.74. The van der Waals surface area contributed by atoms with E-state index < -0.39 is 5.41 Å². The molecule has 1 saturated carbocycles. The van der Waals surface area contributed by atoms with Crippen LogP contribution in [0, 0.1) is 11.3 Å². The van der Waals surface area contributed by atoms with Crippen LogP contribution in [0.4, 0.5) is 0 Å². The Labute approximate surface area is 139 Å². The zero-order valence-electron chi connectivity index (χ0n) is 14.8. The van der Waals surface area contributed by atoms with E-state index in [1.165, 1.54) is 0 Å². The zero-order chi connectivity index (χ0) is 17.4. The van der Waals surface area contributed by atoms with Crippen molar-refractivity contribution in [2.24, 2.45) is 11.3 Å². The molecule has 1 aliphatic carbocycles. The highest BCUT2D eigenvalue weighted by Crippen LogP contribution is 2.52. The van der Waals surface area contributed by atoms with Gasteiger partial charge in [0.05, 0.1) is 0 Å². The van der Waals surface area contributed by atoms with Crippen LogP contribution in [0.5, 0.6) is 5.75 Å². The molecular formula is C20H28O3. The fourth-order valence-corrected chi connectivity index (χ4v) is 4.40. The van der Waals surface area contributed by atoms with E-state index in [1.807, 2.05) is 13.8 Å². The highest BCUT2D eigenvalue weighted by atomic mass is 16.3. The Morgan fingerprint density at radius 3 is 2.35 bits per heavy atom. The van der Waals surface area contributed by atoms with Crippen molar-refractivity contribution in [3.05, 3.63) is 28.8 Å². The molecule has 0 aliphatic heterocycles. The van der Waals surface area contributed by atoms with Gasteiger partial charge in [0.1, 0.15) is 18.3 Å². The molecule has 2 rings (SSSR count). The highest BCUT2D eigenvalue weighted by molar-refractivity contribution is 5.80. The van der Waals surface area contributed by atoms with E-state index in [0.29, 0.717) is 5.56 Å². The fraction of sp³-hybridized carbons (Fsp3) is 0.600. The number of carbonyl (C=O) groups excluding carboxylic acids is 2. The number of aromatic hydroxyl groups is 1. The molecule has 0 amide bonds. The van der Waals surface area contributed by atoms with Gasteiger partial charge in [-0.3, -0.25) is 4.79 Å². The van der Waals surface area contributed by atoms with Gasteiger partial charge >= 0.3 is 0 Å².